The second-order valence-electron chi connectivity index (χ2n) is 6.04. The molecule has 0 radical (unpaired) electrons. The first kappa shape index (κ1) is 15.7. The molecular weight excluding hydrogens is 308 g/mol. The molecule has 0 saturated heterocycles. The van der Waals surface area contributed by atoms with Crippen molar-refractivity contribution in [3.8, 4) is 0 Å². The van der Waals surface area contributed by atoms with Gasteiger partial charge in [0.2, 0.25) is 5.91 Å². The Morgan fingerprint density at radius 2 is 1.96 bits per heavy atom. The number of thiophene rings is 1. The molecule has 0 aliphatic carbocycles. The predicted octanol–water partition coefficient (Wildman–Crippen LogP) is 3.09. The van der Waals surface area contributed by atoms with Gasteiger partial charge < -0.3 is 10.2 Å². The maximum absolute atomic E-state index is 13.0. The molecule has 4 nitrogen and oxygen atoms in total. The van der Waals surface area contributed by atoms with E-state index in [1.807, 2.05) is 43.5 Å². The Labute approximate surface area is 140 Å². The molecule has 2 amide bonds. The summed E-state index contributed by atoms with van der Waals surface area (Å²) in [5, 5.41) is 4.77. The average Bonchev–Trinajstić information content (AvgIpc) is 3.20. The highest BCUT2D eigenvalue weighted by atomic mass is 32.1. The second-order valence-corrected chi connectivity index (χ2v) is 6.99. The monoisotopic (exact) mass is 328 g/mol. The van der Waals surface area contributed by atoms with E-state index in [1.165, 1.54) is 16.9 Å². The van der Waals surface area contributed by atoms with E-state index in [0.29, 0.717) is 11.4 Å². The van der Waals surface area contributed by atoms with Crippen molar-refractivity contribution < 1.29 is 9.59 Å². The van der Waals surface area contributed by atoms with Crippen LogP contribution in [0.15, 0.2) is 41.8 Å². The van der Waals surface area contributed by atoms with E-state index >= 15 is 0 Å². The minimum absolute atomic E-state index is 0.0270. The summed E-state index contributed by atoms with van der Waals surface area (Å²) in [4.78, 5) is 27.7. The second kappa shape index (κ2) is 6.54. The van der Waals surface area contributed by atoms with Crippen LogP contribution in [0.3, 0.4) is 0 Å². The lowest BCUT2D eigenvalue weighted by atomic mass is 10.0. The van der Waals surface area contributed by atoms with Crippen LogP contribution in [-0.4, -0.2) is 24.4 Å². The zero-order chi connectivity index (χ0) is 16.4. The van der Waals surface area contributed by atoms with Gasteiger partial charge in [-0.05, 0) is 35.4 Å². The molecule has 0 fully saturated rings. The van der Waals surface area contributed by atoms with Crippen LogP contribution in [0.25, 0.3) is 0 Å². The molecule has 0 saturated carbocycles. The van der Waals surface area contributed by atoms with Gasteiger partial charge in [-0.2, -0.15) is 0 Å². The summed E-state index contributed by atoms with van der Waals surface area (Å²) in [6.45, 7) is 4.59. The van der Waals surface area contributed by atoms with Gasteiger partial charge in [-0.3, -0.25) is 9.59 Å². The van der Waals surface area contributed by atoms with Crippen molar-refractivity contribution in [3.05, 3.63) is 52.2 Å². The summed E-state index contributed by atoms with van der Waals surface area (Å²) < 4.78 is 0. The van der Waals surface area contributed by atoms with Crippen molar-refractivity contribution in [2.24, 2.45) is 5.92 Å². The first-order valence-corrected chi connectivity index (χ1v) is 8.69. The number of anilines is 1. The van der Waals surface area contributed by atoms with Crippen molar-refractivity contribution >= 4 is 28.8 Å². The Bertz CT molecular complexity index is 710. The number of carbonyl (C=O) groups is 2. The molecule has 120 valence electrons. The Hall–Kier alpha value is -2.14. The largest absolute Gasteiger partial charge is 0.339 e. The summed E-state index contributed by atoms with van der Waals surface area (Å²) in [5.74, 6) is -0.187. The van der Waals surface area contributed by atoms with Crippen LogP contribution >= 0.6 is 11.3 Å². The lowest BCUT2D eigenvalue weighted by Gasteiger charge is -2.27. The van der Waals surface area contributed by atoms with Gasteiger partial charge in [0.15, 0.2) is 0 Å². The van der Waals surface area contributed by atoms with Gasteiger partial charge in [-0.15, -0.1) is 11.3 Å². The molecule has 1 aromatic carbocycles. The molecule has 3 rings (SSSR count). The van der Waals surface area contributed by atoms with E-state index in [1.54, 1.807) is 11.0 Å². The number of hydrogen-bond acceptors (Lipinski definition) is 3. The molecule has 0 spiro atoms. The predicted molar refractivity (Wildman–Crippen MR) is 92.9 cm³/mol. The molecule has 1 aromatic heterocycles. The first-order valence-electron chi connectivity index (χ1n) is 7.81. The lowest BCUT2D eigenvalue weighted by Crippen LogP contribution is -2.51. The molecule has 1 aliphatic heterocycles. The minimum atomic E-state index is -0.518. The van der Waals surface area contributed by atoms with Gasteiger partial charge in [0, 0.05) is 12.2 Å². The molecule has 0 bridgehead atoms. The van der Waals surface area contributed by atoms with E-state index in [9.17, 15) is 9.59 Å². The number of carbonyl (C=O) groups excluding carboxylic acids is 2. The fraction of sp³-hybridized carbons (Fsp3) is 0.333. The number of rotatable bonds is 4. The lowest BCUT2D eigenvalue weighted by molar-refractivity contribution is -0.121. The Balaban J connectivity index is 1.79. The van der Waals surface area contributed by atoms with Gasteiger partial charge in [0.25, 0.3) is 5.91 Å². The van der Waals surface area contributed by atoms with Crippen molar-refractivity contribution in [2.75, 3.05) is 11.4 Å². The number of para-hydroxylation sites is 1. The highest BCUT2D eigenvalue weighted by Gasteiger charge is 2.32. The first-order chi connectivity index (χ1) is 11.1. The van der Waals surface area contributed by atoms with Crippen molar-refractivity contribution in [1.29, 1.82) is 0 Å². The topological polar surface area (TPSA) is 49.4 Å². The number of benzene rings is 1. The number of amides is 2. The van der Waals surface area contributed by atoms with Crippen LogP contribution in [0.1, 0.15) is 29.1 Å². The van der Waals surface area contributed by atoms with Crippen molar-refractivity contribution in [1.82, 2.24) is 5.32 Å². The molecule has 2 heterocycles. The van der Waals surface area contributed by atoms with E-state index in [2.05, 4.69) is 11.4 Å². The van der Waals surface area contributed by atoms with E-state index in [4.69, 9.17) is 0 Å². The third-order valence-electron chi connectivity index (χ3n) is 4.12. The minimum Gasteiger partial charge on any atom is -0.339 e. The van der Waals surface area contributed by atoms with Gasteiger partial charge >= 0.3 is 0 Å². The van der Waals surface area contributed by atoms with Gasteiger partial charge in [0.05, 0.1) is 4.88 Å². The summed E-state index contributed by atoms with van der Waals surface area (Å²) in [6, 6.07) is 11.0. The number of nitrogens with zero attached hydrogens (tertiary/aromatic N) is 1. The van der Waals surface area contributed by atoms with Crippen molar-refractivity contribution in [2.45, 2.75) is 26.3 Å². The van der Waals surface area contributed by atoms with E-state index in [0.717, 1.165) is 12.1 Å². The quantitative estimate of drug-likeness (QED) is 0.937. The highest BCUT2D eigenvalue weighted by molar-refractivity contribution is 7.12. The molecule has 5 heteroatoms. The molecule has 0 unspecified atom stereocenters. The van der Waals surface area contributed by atoms with Crippen molar-refractivity contribution in [3.63, 3.8) is 0 Å². The number of nitrogens with one attached hydrogen (secondary N) is 1. The normalized spacial score (nSPS) is 14.7. The third-order valence-corrected chi connectivity index (χ3v) is 4.99. The fourth-order valence-corrected chi connectivity index (χ4v) is 3.50. The molecule has 23 heavy (non-hydrogen) atoms. The summed E-state index contributed by atoms with van der Waals surface area (Å²) in [6.07, 6.45) is 0.867. The Morgan fingerprint density at radius 1 is 1.17 bits per heavy atom. The Kier molecular flexibility index (Phi) is 4.48. The van der Waals surface area contributed by atoms with Crippen LogP contribution < -0.4 is 10.2 Å². The van der Waals surface area contributed by atoms with E-state index in [-0.39, 0.29) is 17.7 Å². The standard InChI is InChI=1S/C18H20N2O2S/c1-12(2)16(19-17(21)15-8-5-11-23-15)18(22)20-10-9-13-6-3-4-7-14(13)20/h3-8,11-12,16H,9-10H2,1-2H3,(H,19,21)/t16-/m0/s1. The summed E-state index contributed by atoms with van der Waals surface area (Å²) in [7, 11) is 0. The maximum Gasteiger partial charge on any atom is 0.262 e. The number of hydrogen-bond donors (Lipinski definition) is 1. The van der Waals surface area contributed by atoms with Gasteiger partial charge in [0.1, 0.15) is 6.04 Å². The fourth-order valence-electron chi connectivity index (χ4n) is 2.87. The smallest absolute Gasteiger partial charge is 0.262 e. The molecule has 1 aliphatic rings. The van der Waals surface area contributed by atoms with Crippen LogP contribution in [0, 0.1) is 5.92 Å². The average molecular weight is 328 g/mol. The summed E-state index contributed by atoms with van der Waals surface area (Å²) >= 11 is 1.38. The zero-order valence-electron chi connectivity index (χ0n) is 13.3. The maximum atomic E-state index is 13.0. The van der Waals surface area contributed by atoms with Crippen LogP contribution in [0.2, 0.25) is 0 Å². The molecular formula is C18H20N2O2S. The molecule has 2 aromatic rings. The SMILES string of the molecule is CC(C)[C@H](NC(=O)c1cccs1)C(=O)N1CCc2ccccc21. The third kappa shape index (κ3) is 3.15. The molecule has 1 N–H and O–H groups in total. The highest BCUT2D eigenvalue weighted by Crippen LogP contribution is 2.28. The van der Waals surface area contributed by atoms with E-state index < -0.39 is 6.04 Å². The zero-order valence-corrected chi connectivity index (χ0v) is 14.1. The van der Waals surface area contributed by atoms with Gasteiger partial charge in [-0.1, -0.05) is 38.1 Å². The summed E-state index contributed by atoms with van der Waals surface area (Å²) in [5.41, 5.74) is 2.15. The van der Waals surface area contributed by atoms with Crippen LogP contribution in [-0.2, 0) is 11.2 Å². The molecule has 1 atom stereocenters. The van der Waals surface area contributed by atoms with Crippen LogP contribution in [0.4, 0.5) is 5.69 Å². The van der Waals surface area contributed by atoms with Gasteiger partial charge in [-0.25, -0.2) is 0 Å². The number of fused-ring (bicyclic) bond motifs is 1. The van der Waals surface area contributed by atoms with Crippen LogP contribution in [0.5, 0.6) is 0 Å². The Morgan fingerprint density at radius 3 is 2.65 bits per heavy atom.